The van der Waals surface area contributed by atoms with Gasteiger partial charge in [-0.25, -0.2) is 4.98 Å². The summed E-state index contributed by atoms with van der Waals surface area (Å²) < 4.78 is 0. The van der Waals surface area contributed by atoms with Gasteiger partial charge in [-0.15, -0.1) is 0 Å². The van der Waals surface area contributed by atoms with E-state index >= 15 is 0 Å². The number of imidazole rings is 1. The zero-order valence-corrected chi connectivity index (χ0v) is 19.8. The zero-order valence-electron chi connectivity index (χ0n) is 19.8. The number of amides is 3. The summed E-state index contributed by atoms with van der Waals surface area (Å²) in [4.78, 5) is 51.6. The molecule has 36 heavy (non-hydrogen) atoms. The van der Waals surface area contributed by atoms with Crippen LogP contribution in [0, 0.1) is 0 Å². The lowest BCUT2D eigenvalue weighted by Gasteiger charge is -2.35. The maximum atomic E-state index is 13.9. The summed E-state index contributed by atoms with van der Waals surface area (Å²) in [5.41, 5.74) is 3.58. The van der Waals surface area contributed by atoms with Crippen LogP contribution in [0.5, 0.6) is 0 Å². The van der Waals surface area contributed by atoms with Crippen LogP contribution in [0.3, 0.4) is 0 Å². The molecule has 1 N–H and O–H groups in total. The molecule has 1 unspecified atom stereocenters. The highest BCUT2D eigenvalue weighted by atomic mass is 16.2. The molecule has 3 amide bonds. The number of piperidine rings is 1. The van der Waals surface area contributed by atoms with E-state index in [2.05, 4.69) is 4.98 Å². The van der Waals surface area contributed by atoms with Gasteiger partial charge in [-0.3, -0.25) is 19.3 Å². The largest absolute Gasteiger partial charge is 0.342 e. The first kappa shape index (κ1) is 22.2. The second kappa shape index (κ2) is 9.07. The van der Waals surface area contributed by atoms with Crippen LogP contribution in [0.2, 0.25) is 0 Å². The number of imide groups is 1. The molecule has 2 aliphatic rings. The number of hydrogen-bond acceptors (Lipinski definition) is 4. The van der Waals surface area contributed by atoms with Crippen LogP contribution in [-0.4, -0.2) is 56.6 Å². The molecule has 2 aliphatic heterocycles. The Morgan fingerprint density at radius 2 is 1.47 bits per heavy atom. The Labute approximate surface area is 208 Å². The van der Waals surface area contributed by atoms with Gasteiger partial charge in [0.2, 0.25) is 5.91 Å². The van der Waals surface area contributed by atoms with Gasteiger partial charge in [-0.2, -0.15) is 0 Å². The Bertz CT molecular complexity index is 1390. The number of benzene rings is 3. The lowest BCUT2D eigenvalue weighted by atomic mass is 9.94. The number of rotatable bonds is 5. The van der Waals surface area contributed by atoms with Crippen molar-refractivity contribution in [3.8, 4) is 0 Å². The van der Waals surface area contributed by atoms with Crippen LogP contribution in [0.15, 0.2) is 78.9 Å². The van der Waals surface area contributed by atoms with Gasteiger partial charge in [0.15, 0.2) is 0 Å². The van der Waals surface area contributed by atoms with Gasteiger partial charge in [0.25, 0.3) is 11.8 Å². The Hall–Kier alpha value is -4.26. The third kappa shape index (κ3) is 3.86. The van der Waals surface area contributed by atoms with E-state index in [-0.39, 0.29) is 18.2 Å². The van der Waals surface area contributed by atoms with Gasteiger partial charge in [0, 0.05) is 25.4 Å². The van der Waals surface area contributed by atoms with Gasteiger partial charge in [-0.1, -0.05) is 54.6 Å². The predicted octanol–water partition coefficient (Wildman–Crippen LogP) is 4.18. The summed E-state index contributed by atoms with van der Waals surface area (Å²) >= 11 is 0. The zero-order chi connectivity index (χ0) is 24.6. The van der Waals surface area contributed by atoms with E-state index in [9.17, 15) is 14.4 Å². The van der Waals surface area contributed by atoms with E-state index < -0.39 is 17.9 Å². The fourth-order valence-corrected chi connectivity index (χ4v) is 5.37. The second-order valence-corrected chi connectivity index (χ2v) is 9.47. The van der Waals surface area contributed by atoms with Crippen molar-refractivity contribution in [3.05, 3.63) is 101 Å². The third-order valence-electron chi connectivity index (χ3n) is 7.30. The standard InChI is InChI=1S/C29H26N4O3/c34-27-21-10-4-5-11-22(21)28(35)33(27)25(18-19-8-2-1-3-9-19)29(36)32-16-14-20(15-17-32)26-30-23-12-6-7-13-24(23)31-26/h1-13,20,25H,14-18H2,(H,30,31). The average molecular weight is 479 g/mol. The summed E-state index contributed by atoms with van der Waals surface area (Å²) in [6, 6.07) is 23.4. The van der Waals surface area contributed by atoms with Gasteiger partial charge in [0.1, 0.15) is 11.9 Å². The molecule has 3 heterocycles. The monoisotopic (exact) mass is 478 g/mol. The fourth-order valence-electron chi connectivity index (χ4n) is 5.37. The van der Waals surface area contributed by atoms with Crippen molar-refractivity contribution >= 4 is 28.8 Å². The van der Waals surface area contributed by atoms with Crippen LogP contribution in [0.25, 0.3) is 11.0 Å². The molecule has 0 bridgehead atoms. The maximum absolute atomic E-state index is 13.9. The lowest BCUT2D eigenvalue weighted by molar-refractivity contribution is -0.136. The molecule has 1 fully saturated rings. The quantitative estimate of drug-likeness (QED) is 0.436. The molecular formula is C29H26N4O3. The number of aromatic amines is 1. The Kier molecular flexibility index (Phi) is 5.60. The summed E-state index contributed by atoms with van der Waals surface area (Å²) in [6.07, 6.45) is 1.83. The number of aromatic nitrogens is 2. The third-order valence-corrected chi connectivity index (χ3v) is 7.30. The molecular weight excluding hydrogens is 452 g/mol. The summed E-state index contributed by atoms with van der Waals surface area (Å²) in [5.74, 6) is 0.193. The molecule has 0 aliphatic carbocycles. The first-order valence-electron chi connectivity index (χ1n) is 12.3. The van der Waals surface area contributed by atoms with Gasteiger partial charge < -0.3 is 9.88 Å². The second-order valence-electron chi connectivity index (χ2n) is 9.47. The number of likely N-dealkylation sites (tertiary alicyclic amines) is 1. The molecule has 7 heteroatoms. The molecule has 0 saturated carbocycles. The van der Waals surface area contributed by atoms with E-state index in [0.29, 0.717) is 24.2 Å². The number of nitrogens with one attached hydrogen (secondary N) is 1. The number of para-hydroxylation sites is 2. The molecule has 6 rings (SSSR count). The Morgan fingerprint density at radius 1 is 0.861 bits per heavy atom. The van der Waals surface area contributed by atoms with Crippen molar-refractivity contribution in [1.29, 1.82) is 0 Å². The maximum Gasteiger partial charge on any atom is 0.262 e. The first-order valence-corrected chi connectivity index (χ1v) is 12.3. The average Bonchev–Trinajstić information content (AvgIpc) is 3.47. The molecule has 1 atom stereocenters. The van der Waals surface area contributed by atoms with E-state index in [1.807, 2.05) is 54.6 Å². The molecule has 0 spiro atoms. The van der Waals surface area contributed by atoms with Gasteiger partial charge in [0.05, 0.1) is 22.2 Å². The van der Waals surface area contributed by atoms with Gasteiger partial charge in [-0.05, 0) is 42.7 Å². The van der Waals surface area contributed by atoms with E-state index in [0.717, 1.165) is 35.3 Å². The Balaban J connectivity index is 1.23. The SMILES string of the molecule is O=C(C(Cc1ccccc1)N1C(=O)c2ccccc2C1=O)N1CCC(c2nc3ccccc3[nH]2)CC1. The number of nitrogens with zero attached hydrogens (tertiary/aromatic N) is 3. The molecule has 1 aromatic heterocycles. The highest BCUT2D eigenvalue weighted by Crippen LogP contribution is 2.31. The number of hydrogen-bond donors (Lipinski definition) is 1. The summed E-state index contributed by atoms with van der Waals surface area (Å²) in [5, 5.41) is 0. The van der Waals surface area contributed by atoms with E-state index in [1.165, 1.54) is 4.90 Å². The minimum Gasteiger partial charge on any atom is -0.342 e. The minimum absolute atomic E-state index is 0.184. The smallest absolute Gasteiger partial charge is 0.262 e. The molecule has 180 valence electrons. The first-order chi connectivity index (χ1) is 17.6. The highest BCUT2D eigenvalue weighted by molar-refractivity contribution is 6.22. The lowest BCUT2D eigenvalue weighted by Crippen LogP contribution is -2.53. The summed E-state index contributed by atoms with van der Waals surface area (Å²) in [6.45, 7) is 1.10. The normalized spacial score (nSPS) is 17.0. The van der Waals surface area contributed by atoms with E-state index in [4.69, 9.17) is 4.98 Å². The number of carbonyl (C=O) groups excluding carboxylic acids is 3. The van der Waals surface area contributed by atoms with Crippen LogP contribution >= 0.6 is 0 Å². The molecule has 1 saturated heterocycles. The van der Waals surface area contributed by atoms with Crippen LogP contribution in [0.1, 0.15) is 50.9 Å². The number of carbonyl (C=O) groups is 3. The van der Waals surface area contributed by atoms with Crippen molar-refractivity contribution in [2.75, 3.05) is 13.1 Å². The predicted molar refractivity (Wildman–Crippen MR) is 136 cm³/mol. The number of fused-ring (bicyclic) bond motifs is 2. The van der Waals surface area contributed by atoms with Crippen molar-refractivity contribution < 1.29 is 14.4 Å². The Morgan fingerprint density at radius 3 is 2.14 bits per heavy atom. The van der Waals surface area contributed by atoms with E-state index in [1.54, 1.807) is 29.2 Å². The van der Waals surface area contributed by atoms with Crippen molar-refractivity contribution in [2.45, 2.75) is 31.2 Å². The van der Waals surface area contributed by atoms with Crippen molar-refractivity contribution in [2.24, 2.45) is 0 Å². The van der Waals surface area contributed by atoms with Crippen LogP contribution in [0.4, 0.5) is 0 Å². The fraction of sp³-hybridized carbons (Fsp3) is 0.241. The topological polar surface area (TPSA) is 86.4 Å². The highest BCUT2D eigenvalue weighted by Gasteiger charge is 2.44. The molecule has 3 aromatic carbocycles. The molecule has 0 radical (unpaired) electrons. The van der Waals surface area contributed by atoms with Crippen LogP contribution in [-0.2, 0) is 11.2 Å². The van der Waals surface area contributed by atoms with Crippen molar-refractivity contribution in [3.63, 3.8) is 0 Å². The minimum atomic E-state index is -0.887. The molecule has 7 nitrogen and oxygen atoms in total. The molecule has 4 aromatic rings. The van der Waals surface area contributed by atoms with Crippen LogP contribution < -0.4 is 0 Å². The summed E-state index contributed by atoms with van der Waals surface area (Å²) in [7, 11) is 0. The van der Waals surface area contributed by atoms with Crippen molar-refractivity contribution in [1.82, 2.24) is 19.8 Å². The van der Waals surface area contributed by atoms with Gasteiger partial charge >= 0.3 is 0 Å². The number of H-pyrrole nitrogens is 1.